The van der Waals surface area contributed by atoms with Gasteiger partial charge in [-0.15, -0.1) is 0 Å². The van der Waals surface area contributed by atoms with Crippen LogP contribution in [0.5, 0.6) is 5.75 Å². The molecule has 1 amide bonds. The number of amides is 1. The van der Waals surface area contributed by atoms with Crippen LogP contribution in [0.1, 0.15) is 75.0 Å². The van der Waals surface area contributed by atoms with Crippen LogP contribution in [0.15, 0.2) is 36.8 Å². The van der Waals surface area contributed by atoms with Gasteiger partial charge in [-0.25, -0.2) is 19.5 Å². The summed E-state index contributed by atoms with van der Waals surface area (Å²) >= 11 is 0. The van der Waals surface area contributed by atoms with Crippen LogP contribution in [-0.4, -0.2) is 49.0 Å². The van der Waals surface area contributed by atoms with Gasteiger partial charge in [-0.05, 0) is 45.4 Å². The average Bonchev–Trinajstić information content (AvgIpc) is 3.35. The number of nitrogens with zero attached hydrogens (tertiary/aromatic N) is 6. The number of hydrogen-bond acceptors (Lipinski definition) is 7. The molecule has 190 valence electrons. The van der Waals surface area contributed by atoms with Gasteiger partial charge < -0.3 is 15.4 Å². The molecule has 0 spiro atoms. The van der Waals surface area contributed by atoms with Crippen molar-refractivity contribution < 1.29 is 22.4 Å². The van der Waals surface area contributed by atoms with E-state index in [0.29, 0.717) is 39.5 Å². The van der Waals surface area contributed by atoms with Crippen molar-refractivity contribution in [3.63, 3.8) is 0 Å². The molecular weight excluding hydrogens is 480 g/mol. The minimum atomic E-state index is -3.13. The number of fused-ring (bicyclic) bond motifs is 9. The molecule has 1 aromatic carbocycles. The Morgan fingerprint density at radius 1 is 1.24 bits per heavy atom. The van der Waals surface area contributed by atoms with Gasteiger partial charge in [0, 0.05) is 45.5 Å². The van der Waals surface area contributed by atoms with E-state index in [1.807, 2.05) is 6.92 Å². The number of halogens is 2. The van der Waals surface area contributed by atoms with Gasteiger partial charge in [0.1, 0.15) is 17.9 Å². The SMILES string of the molecule is [2H]C([2H])([2H])N1C(=O)c2cccc(OC(F)F)c2[C@H]2C[C@@H]1c1nn3cnc(-c4cnc(C(C)(C)N)nc4C)cc3c12. The Bertz CT molecular complexity index is 1680. The van der Waals surface area contributed by atoms with E-state index in [1.54, 1.807) is 26.1 Å². The third-order valence-corrected chi connectivity index (χ3v) is 6.94. The minimum Gasteiger partial charge on any atom is -0.434 e. The number of carbonyl (C=O) groups is 1. The van der Waals surface area contributed by atoms with Gasteiger partial charge >= 0.3 is 6.61 Å². The number of hydrogen-bond donors (Lipinski definition) is 1. The van der Waals surface area contributed by atoms with Gasteiger partial charge in [0.05, 0.1) is 34.2 Å². The third kappa shape index (κ3) is 3.56. The molecule has 4 heterocycles. The fourth-order valence-corrected chi connectivity index (χ4v) is 5.28. The molecule has 6 rings (SSSR count). The Balaban J connectivity index is 1.58. The summed E-state index contributed by atoms with van der Waals surface area (Å²) < 4.78 is 57.6. The van der Waals surface area contributed by atoms with Crippen molar-refractivity contribution >= 4 is 11.4 Å². The molecule has 2 aliphatic rings. The maximum absolute atomic E-state index is 13.6. The molecule has 11 heteroatoms. The number of rotatable bonds is 4. The van der Waals surface area contributed by atoms with E-state index in [1.165, 1.54) is 29.0 Å². The molecule has 1 aliphatic carbocycles. The van der Waals surface area contributed by atoms with Gasteiger partial charge in [-0.3, -0.25) is 4.79 Å². The highest BCUT2D eigenvalue weighted by Crippen LogP contribution is 2.53. The summed E-state index contributed by atoms with van der Waals surface area (Å²) in [5.41, 5.74) is 9.08. The molecule has 0 saturated carbocycles. The van der Waals surface area contributed by atoms with Gasteiger partial charge in [-0.1, -0.05) is 6.07 Å². The highest BCUT2D eigenvalue weighted by molar-refractivity contribution is 5.98. The zero-order chi connectivity index (χ0) is 28.7. The lowest BCUT2D eigenvalue weighted by molar-refractivity contribution is -0.0505. The second kappa shape index (κ2) is 8.01. The Morgan fingerprint density at radius 2 is 2.05 bits per heavy atom. The molecule has 2 atom stereocenters. The zero-order valence-electron chi connectivity index (χ0n) is 23.2. The van der Waals surface area contributed by atoms with Gasteiger partial charge in [0.2, 0.25) is 0 Å². The monoisotopic (exact) mass is 508 g/mol. The zero-order valence-corrected chi connectivity index (χ0v) is 20.2. The van der Waals surface area contributed by atoms with Gasteiger partial charge in [0.15, 0.2) is 0 Å². The van der Waals surface area contributed by atoms with Crippen LogP contribution >= 0.6 is 0 Å². The first-order valence-electron chi connectivity index (χ1n) is 13.2. The van der Waals surface area contributed by atoms with Gasteiger partial charge in [-0.2, -0.15) is 13.9 Å². The molecule has 2 bridgehead atoms. The normalized spacial score (nSPS) is 20.4. The van der Waals surface area contributed by atoms with Crippen LogP contribution in [0.3, 0.4) is 0 Å². The van der Waals surface area contributed by atoms with E-state index in [0.717, 1.165) is 4.90 Å². The second-order valence-corrected chi connectivity index (χ2v) is 9.89. The van der Waals surface area contributed by atoms with Crippen LogP contribution in [-0.2, 0) is 5.54 Å². The number of carbonyl (C=O) groups excluding carboxylic acids is 1. The molecule has 0 fully saturated rings. The van der Waals surface area contributed by atoms with Crippen LogP contribution in [0.25, 0.3) is 16.8 Å². The number of ether oxygens (including phenoxy) is 1. The fraction of sp³-hybridized carbons (Fsp3) is 0.346. The first-order valence-corrected chi connectivity index (χ1v) is 11.7. The summed E-state index contributed by atoms with van der Waals surface area (Å²) in [6.45, 7) is -0.510. The molecule has 3 aromatic heterocycles. The molecule has 9 nitrogen and oxygen atoms in total. The lowest BCUT2D eigenvalue weighted by Crippen LogP contribution is -2.31. The fourth-order valence-electron chi connectivity index (χ4n) is 5.28. The van der Waals surface area contributed by atoms with E-state index in [-0.39, 0.29) is 23.3 Å². The van der Waals surface area contributed by atoms with Crippen LogP contribution < -0.4 is 10.5 Å². The highest BCUT2D eigenvalue weighted by atomic mass is 19.3. The summed E-state index contributed by atoms with van der Waals surface area (Å²) in [5.74, 6) is -1.13. The molecule has 4 aromatic rings. The maximum Gasteiger partial charge on any atom is 0.387 e. The maximum atomic E-state index is 13.6. The predicted octanol–water partition coefficient (Wildman–Crippen LogP) is 3.95. The standard InChI is InChI=1S/C26H25F2N7O2/c1-12-15(10-30-24(32-12)26(2,3)29)16-9-17-21-14-8-18(22(21)33-35(17)11-31-16)34(4)23(36)13-6-5-7-19(20(13)14)37-25(27)28/h5-7,9-11,14,18,25H,8,29H2,1-4H3/t14-,18-/m1/s1/i4D3. The Hall–Kier alpha value is -3.99. The number of aryl methyl sites for hydroxylation is 1. The smallest absolute Gasteiger partial charge is 0.387 e. The van der Waals surface area contributed by atoms with E-state index in [2.05, 4.69) is 20.1 Å². The van der Waals surface area contributed by atoms with E-state index in [9.17, 15) is 13.6 Å². The number of alkyl halides is 2. The topological polar surface area (TPSA) is 112 Å². The van der Waals surface area contributed by atoms with E-state index >= 15 is 0 Å². The van der Waals surface area contributed by atoms with Crippen LogP contribution in [0.4, 0.5) is 8.78 Å². The summed E-state index contributed by atoms with van der Waals surface area (Å²) in [4.78, 5) is 27.9. The molecule has 0 saturated heterocycles. The number of aromatic nitrogens is 5. The van der Waals surface area contributed by atoms with Crippen molar-refractivity contribution in [2.24, 2.45) is 5.73 Å². The quantitative estimate of drug-likeness (QED) is 0.444. The lowest BCUT2D eigenvalue weighted by atomic mass is 9.88. The summed E-state index contributed by atoms with van der Waals surface area (Å²) in [6.07, 6.45) is 3.28. The molecular formula is C26H25F2N7O2. The molecule has 0 unspecified atom stereocenters. The van der Waals surface area contributed by atoms with Crippen molar-refractivity contribution in [3.05, 3.63) is 70.7 Å². The largest absolute Gasteiger partial charge is 0.434 e. The van der Waals surface area contributed by atoms with Crippen molar-refractivity contribution in [1.29, 1.82) is 0 Å². The Morgan fingerprint density at radius 3 is 2.76 bits per heavy atom. The van der Waals surface area contributed by atoms with Crippen molar-refractivity contribution in [2.45, 2.75) is 51.3 Å². The van der Waals surface area contributed by atoms with E-state index in [4.69, 9.17) is 14.6 Å². The molecule has 2 N–H and O–H groups in total. The minimum absolute atomic E-state index is 0.00490. The number of benzene rings is 1. The number of nitrogens with two attached hydrogens (primary N) is 1. The third-order valence-electron chi connectivity index (χ3n) is 6.94. The first kappa shape index (κ1) is 20.1. The molecule has 37 heavy (non-hydrogen) atoms. The Kier molecular flexibility index (Phi) is 4.35. The predicted molar refractivity (Wildman–Crippen MR) is 130 cm³/mol. The summed E-state index contributed by atoms with van der Waals surface area (Å²) in [7, 11) is 0. The van der Waals surface area contributed by atoms with E-state index < -0.39 is 37.0 Å². The lowest BCUT2D eigenvalue weighted by Gasteiger charge is -2.23. The molecule has 1 aliphatic heterocycles. The summed E-state index contributed by atoms with van der Waals surface area (Å²) in [5, 5.41) is 4.62. The highest BCUT2D eigenvalue weighted by Gasteiger charge is 2.46. The second-order valence-electron chi connectivity index (χ2n) is 9.89. The van der Waals surface area contributed by atoms with Crippen LogP contribution in [0, 0.1) is 6.92 Å². The van der Waals surface area contributed by atoms with Crippen LogP contribution in [0.2, 0.25) is 0 Å². The first-order chi connectivity index (χ1) is 18.8. The average molecular weight is 509 g/mol. The Labute approximate surface area is 215 Å². The van der Waals surface area contributed by atoms with Gasteiger partial charge in [0.25, 0.3) is 5.91 Å². The summed E-state index contributed by atoms with van der Waals surface area (Å²) in [6, 6.07) is 5.07. The van der Waals surface area contributed by atoms with Crippen molar-refractivity contribution in [2.75, 3.05) is 6.98 Å². The van der Waals surface area contributed by atoms with Crippen molar-refractivity contribution in [3.8, 4) is 17.0 Å². The van der Waals surface area contributed by atoms with Crippen molar-refractivity contribution in [1.82, 2.24) is 29.5 Å². The molecule has 0 radical (unpaired) electrons.